The third kappa shape index (κ3) is 3.13. The van der Waals surface area contributed by atoms with Gasteiger partial charge in [0.15, 0.2) is 15.3 Å². The summed E-state index contributed by atoms with van der Waals surface area (Å²) in [6.45, 7) is 1.88. The van der Waals surface area contributed by atoms with E-state index in [-0.39, 0.29) is 28.3 Å². The molecule has 0 saturated carbocycles. The van der Waals surface area contributed by atoms with E-state index in [9.17, 15) is 18.0 Å². The van der Waals surface area contributed by atoms with Gasteiger partial charge in [0.05, 0.1) is 35.6 Å². The number of aryl methyl sites for hydroxylation is 1. The molecule has 2 unspecified atom stereocenters. The first-order valence-electron chi connectivity index (χ1n) is 10.0. The van der Waals surface area contributed by atoms with Crippen LogP contribution < -0.4 is 10.2 Å². The highest BCUT2D eigenvalue weighted by Gasteiger charge is 2.48. The minimum absolute atomic E-state index is 0.0153. The number of nitrogens with zero attached hydrogens (tertiary/aromatic N) is 1. The molecule has 160 valence electrons. The highest BCUT2D eigenvalue weighted by molar-refractivity contribution is 7.91. The number of amides is 1. The molecule has 0 aliphatic carbocycles. The summed E-state index contributed by atoms with van der Waals surface area (Å²) in [5.41, 5.74) is 1.90. The second kappa shape index (κ2) is 6.95. The number of ether oxygens (including phenoxy) is 1. The van der Waals surface area contributed by atoms with Crippen molar-refractivity contribution in [1.29, 1.82) is 0 Å². The maximum absolute atomic E-state index is 13.6. The summed E-state index contributed by atoms with van der Waals surface area (Å²) >= 11 is 0. The lowest BCUT2D eigenvalue weighted by Gasteiger charge is -2.30. The Hall–Kier alpha value is -3.13. The molecule has 0 spiro atoms. The summed E-state index contributed by atoms with van der Waals surface area (Å²) in [7, 11) is -1.70. The normalized spacial score (nSPS) is 22.1. The van der Waals surface area contributed by atoms with Crippen LogP contribution in [0, 0.1) is 6.92 Å². The van der Waals surface area contributed by atoms with Gasteiger partial charge in [-0.2, -0.15) is 0 Å². The fourth-order valence-electron chi connectivity index (χ4n) is 4.61. The summed E-state index contributed by atoms with van der Waals surface area (Å²) in [5, 5.41) is 0.403. The van der Waals surface area contributed by atoms with Gasteiger partial charge >= 0.3 is 0 Å². The summed E-state index contributed by atoms with van der Waals surface area (Å²) in [6, 6.07) is 11.1. The van der Waals surface area contributed by atoms with Crippen molar-refractivity contribution in [2.45, 2.75) is 25.4 Å². The zero-order chi connectivity index (χ0) is 21.9. The lowest BCUT2D eigenvalue weighted by Crippen LogP contribution is -2.40. The zero-order valence-electron chi connectivity index (χ0n) is 17.1. The van der Waals surface area contributed by atoms with Crippen LogP contribution in [0.1, 0.15) is 39.7 Å². The Morgan fingerprint density at radius 1 is 1.13 bits per heavy atom. The van der Waals surface area contributed by atoms with E-state index in [1.54, 1.807) is 37.4 Å². The second-order valence-corrected chi connectivity index (χ2v) is 10.4. The van der Waals surface area contributed by atoms with E-state index in [2.05, 4.69) is 0 Å². The monoisotopic (exact) mass is 439 g/mol. The van der Waals surface area contributed by atoms with Crippen molar-refractivity contribution < 1.29 is 22.4 Å². The van der Waals surface area contributed by atoms with E-state index in [1.807, 2.05) is 19.1 Å². The zero-order valence-corrected chi connectivity index (χ0v) is 17.9. The number of fused-ring (bicyclic) bond motifs is 2. The second-order valence-electron chi connectivity index (χ2n) is 8.12. The Balaban J connectivity index is 1.77. The Kier molecular flexibility index (Phi) is 4.44. The van der Waals surface area contributed by atoms with Gasteiger partial charge < -0.3 is 14.1 Å². The fourth-order valence-corrected chi connectivity index (χ4v) is 6.33. The van der Waals surface area contributed by atoms with Gasteiger partial charge in [0.1, 0.15) is 11.3 Å². The maximum Gasteiger partial charge on any atom is 0.291 e. The molecule has 1 fully saturated rings. The molecule has 8 heteroatoms. The van der Waals surface area contributed by atoms with Crippen molar-refractivity contribution >= 4 is 26.7 Å². The lowest BCUT2D eigenvalue weighted by molar-refractivity contribution is 0.0662. The predicted octanol–water partition coefficient (Wildman–Crippen LogP) is 2.84. The van der Waals surface area contributed by atoms with Gasteiger partial charge in [0.2, 0.25) is 5.76 Å². The third-order valence-electron chi connectivity index (χ3n) is 6.07. The van der Waals surface area contributed by atoms with Crippen LogP contribution in [0.3, 0.4) is 0 Å². The Morgan fingerprint density at radius 3 is 2.65 bits per heavy atom. The highest BCUT2D eigenvalue weighted by atomic mass is 32.2. The number of hydrogen-bond acceptors (Lipinski definition) is 6. The van der Waals surface area contributed by atoms with Gasteiger partial charge in [-0.1, -0.05) is 23.8 Å². The number of methoxy groups -OCH3 is 1. The molecule has 1 amide bonds. The van der Waals surface area contributed by atoms with Crippen molar-refractivity contribution in [1.82, 2.24) is 4.90 Å². The molecule has 2 aromatic carbocycles. The van der Waals surface area contributed by atoms with Crippen molar-refractivity contribution in [2.75, 3.05) is 18.6 Å². The Morgan fingerprint density at radius 2 is 1.94 bits per heavy atom. The third-order valence-corrected chi connectivity index (χ3v) is 7.82. The minimum atomic E-state index is -3.24. The summed E-state index contributed by atoms with van der Waals surface area (Å²) < 4.78 is 35.6. The number of carbonyl (C=O) groups is 1. The average molecular weight is 439 g/mol. The van der Waals surface area contributed by atoms with Crippen LogP contribution in [0.2, 0.25) is 0 Å². The van der Waals surface area contributed by atoms with Crippen molar-refractivity contribution in [3.8, 4) is 5.75 Å². The molecule has 2 aliphatic heterocycles. The van der Waals surface area contributed by atoms with Crippen molar-refractivity contribution in [2.24, 2.45) is 0 Å². The van der Waals surface area contributed by atoms with Crippen LogP contribution >= 0.6 is 0 Å². The summed E-state index contributed by atoms with van der Waals surface area (Å²) in [4.78, 5) is 28.5. The van der Waals surface area contributed by atoms with Crippen LogP contribution in [-0.2, 0) is 9.84 Å². The molecule has 3 heterocycles. The number of benzene rings is 2. The van der Waals surface area contributed by atoms with Crippen LogP contribution in [0.5, 0.6) is 5.75 Å². The number of carbonyl (C=O) groups excluding carboxylic acids is 1. The van der Waals surface area contributed by atoms with Gasteiger partial charge in [-0.3, -0.25) is 9.59 Å². The van der Waals surface area contributed by atoms with E-state index in [4.69, 9.17) is 9.15 Å². The maximum atomic E-state index is 13.6. The molecule has 2 atom stereocenters. The molecule has 0 bridgehead atoms. The fraction of sp³-hybridized carbons (Fsp3) is 0.304. The van der Waals surface area contributed by atoms with Gasteiger partial charge in [-0.05, 0) is 43.2 Å². The molecule has 7 nitrogen and oxygen atoms in total. The molecule has 1 aromatic heterocycles. The molecule has 1 saturated heterocycles. The molecule has 2 aliphatic rings. The van der Waals surface area contributed by atoms with Crippen LogP contribution in [0.15, 0.2) is 51.7 Å². The first-order chi connectivity index (χ1) is 14.8. The van der Waals surface area contributed by atoms with Crippen LogP contribution in [-0.4, -0.2) is 43.9 Å². The predicted molar refractivity (Wildman–Crippen MR) is 115 cm³/mol. The van der Waals surface area contributed by atoms with Gasteiger partial charge in [-0.15, -0.1) is 0 Å². The lowest BCUT2D eigenvalue weighted by atomic mass is 9.97. The van der Waals surface area contributed by atoms with Crippen LogP contribution in [0.25, 0.3) is 11.0 Å². The number of hydrogen-bond donors (Lipinski definition) is 0. The first kappa shape index (κ1) is 19.8. The highest BCUT2D eigenvalue weighted by Crippen LogP contribution is 2.42. The van der Waals surface area contributed by atoms with Gasteiger partial charge in [0, 0.05) is 6.04 Å². The Bertz CT molecular complexity index is 1390. The molecular formula is C23H21NO6S. The van der Waals surface area contributed by atoms with Crippen molar-refractivity contribution in [3.63, 3.8) is 0 Å². The van der Waals surface area contributed by atoms with E-state index < -0.39 is 27.8 Å². The average Bonchev–Trinajstić information content (AvgIpc) is 3.25. The molecule has 0 N–H and O–H groups in total. The quantitative estimate of drug-likeness (QED) is 0.623. The van der Waals surface area contributed by atoms with E-state index in [0.29, 0.717) is 28.7 Å². The largest absolute Gasteiger partial charge is 0.497 e. The SMILES string of the molecule is COc1cccc(C2c3c(oc4ccc(C)cc4c3=O)C(=O)N2C2CCS(=O)(=O)C2)c1. The Labute approximate surface area is 179 Å². The van der Waals surface area contributed by atoms with Crippen LogP contribution in [0.4, 0.5) is 0 Å². The number of rotatable bonds is 3. The smallest absolute Gasteiger partial charge is 0.291 e. The molecular weight excluding hydrogens is 418 g/mol. The van der Waals surface area contributed by atoms with Gasteiger partial charge in [0.25, 0.3) is 5.91 Å². The van der Waals surface area contributed by atoms with E-state index in [0.717, 1.165) is 5.56 Å². The summed E-state index contributed by atoms with van der Waals surface area (Å²) in [5.74, 6) is 0.00642. The van der Waals surface area contributed by atoms with E-state index >= 15 is 0 Å². The number of sulfone groups is 1. The first-order valence-corrected chi connectivity index (χ1v) is 11.9. The molecule has 3 aromatic rings. The molecule has 5 rings (SSSR count). The van der Waals surface area contributed by atoms with Crippen molar-refractivity contribution in [3.05, 3.63) is 75.1 Å². The minimum Gasteiger partial charge on any atom is -0.497 e. The topological polar surface area (TPSA) is 93.9 Å². The summed E-state index contributed by atoms with van der Waals surface area (Å²) in [6.07, 6.45) is 0.329. The van der Waals surface area contributed by atoms with Gasteiger partial charge in [-0.25, -0.2) is 8.42 Å². The molecule has 0 radical (unpaired) electrons. The van der Waals surface area contributed by atoms with E-state index in [1.165, 1.54) is 4.90 Å². The molecule has 31 heavy (non-hydrogen) atoms. The standard InChI is InChI=1S/C23H21NO6S/c1-13-6-7-18-17(10-13)21(25)19-20(14-4-3-5-16(11-14)29-2)24(23(26)22(19)30-18)15-8-9-31(27,28)12-15/h3-7,10-11,15,20H,8-9,12H2,1-2H3.